The summed E-state index contributed by atoms with van der Waals surface area (Å²) in [5, 5.41) is 0. The summed E-state index contributed by atoms with van der Waals surface area (Å²) in [4.78, 5) is 16.7. The fourth-order valence-corrected chi connectivity index (χ4v) is 3.51. The second-order valence-corrected chi connectivity index (χ2v) is 6.66. The van der Waals surface area contributed by atoms with Crippen LogP contribution < -0.4 is 0 Å². The number of carbonyl (C=O) groups is 1. The van der Waals surface area contributed by atoms with Crippen LogP contribution in [-0.2, 0) is 11.3 Å². The molecule has 1 aromatic carbocycles. The smallest absolute Gasteiger partial charge is 0.226 e. The predicted octanol–water partition coefficient (Wildman–Crippen LogP) is 2.87. The van der Waals surface area contributed by atoms with E-state index >= 15 is 0 Å². The summed E-state index contributed by atoms with van der Waals surface area (Å²) in [5.41, 5.74) is 0.720. The fourth-order valence-electron chi connectivity index (χ4n) is 3.51. The van der Waals surface area contributed by atoms with Crippen LogP contribution in [0.1, 0.15) is 23.7 Å². The van der Waals surface area contributed by atoms with E-state index in [1.807, 2.05) is 29.2 Å². The maximum Gasteiger partial charge on any atom is 0.226 e. The van der Waals surface area contributed by atoms with Crippen molar-refractivity contribution in [3.05, 3.63) is 59.8 Å². The molecule has 0 unspecified atom stereocenters. The second-order valence-electron chi connectivity index (χ2n) is 6.66. The van der Waals surface area contributed by atoms with E-state index in [1.54, 1.807) is 12.3 Å². The van der Waals surface area contributed by atoms with Crippen LogP contribution in [0.4, 0.5) is 4.39 Å². The zero-order valence-corrected chi connectivity index (χ0v) is 13.5. The molecule has 1 amide bonds. The minimum atomic E-state index is -0.157. The molecule has 2 fully saturated rings. The molecule has 0 radical (unpaired) electrons. The van der Waals surface area contributed by atoms with Crippen molar-refractivity contribution in [2.75, 3.05) is 26.2 Å². The van der Waals surface area contributed by atoms with Gasteiger partial charge in [-0.3, -0.25) is 9.69 Å². The van der Waals surface area contributed by atoms with Crippen LogP contribution in [0.3, 0.4) is 0 Å². The van der Waals surface area contributed by atoms with E-state index in [-0.39, 0.29) is 23.6 Å². The zero-order valence-electron chi connectivity index (χ0n) is 13.5. The Balaban J connectivity index is 1.29. The van der Waals surface area contributed by atoms with E-state index < -0.39 is 0 Å². The third kappa shape index (κ3) is 3.08. The quantitative estimate of drug-likeness (QED) is 0.866. The first-order chi connectivity index (χ1) is 11.7. The Morgan fingerprint density at radius 2 is 1.92 bits per heavy atom. The number of furan rings is 1. The summed E-state index contributed by atoms with van der Waals surface area (Å²) in [7, 11) is 0. The van der Waals surface area contributed by atoms with Gasteiger partial charge in [0.2, 0.25) is 5.91 Å². The van der Waals surface area contributed by atoms with Crippen LogP contribution in [0.15, 0.2) is 47.1 Å². The lowest BCUT2D eigenvalue weighted by atomic mass is 10.1. The number of amides is 1. The molecule has 1 aliphatic heterocycles. The van der Waals surface area contributed by atoms with Crippen LogP contribution in [0.5, 0.6) is 0 Å². The Labute approximate surface area is 140 Å². The highest BCUT2D eigenvalue weighted by Crippen LogP contribution is 2.48. The van der Waals surface area contributed by atoms with Crippen LogP contribution >= 0.6 is 0 Å². The molecule has 5 heteroatoms. The number of nitrogens with zero attached hydrogens (tertiary/aromatic N) is 2. The van der Waals surface area contributed by atoms with Gasteiger partial charge in [0.05, 0.1) is 6.26 Å². The standard InChI is InChI=1S/C19H21FN2O2/c20-17-5-2-1-4-14(17)13-21-7-9-22(10-8-21)19(23)16-12-15(16)18-6-3-11-24-18/h1-6,11,15-16H,7-10,12-13H2/t15-,16+/m0/s1. The van der Waals surface area contributed by atoms with Gasteiger partial charge in [-0.2, -0.15) is 0 Å². The molecule has 2 heterocycles. The van der Waals surface area contributed by atoms with E-state index in [9.17, 15) is 9.18 Å². The average molecular weight is 328 g/mol. The molecular weight excluding hydrogens is 307 g/mol. The van der Waals surface area contributed by atoms with Gasteiger partial charge in [0, 0.05) is 50.1 Å². The molecule has 4 rings (SSSR count). The van der Waals surface area contributed by atoms with Crippen molar-refractivity contribution < 1.29 is 13.6 Å². The van der Waals surface area contributed by atoms with E-state index in [0.717, 1.165) is 30.8 Å². The van der Waals surface area contributed by atoms with E-state index in [2.05, 4.69) is 4.90 Å². The number of piperazine rings is 1. The normalized spacial score (nSPS) is 24.1. The van der Waals surface area contributed by atoms with Crippen molar-refractivity contribution in [3.8, 4) is 0 Å². The van der Waals surface area contributed by atoms with Crippen LogP contribution in [0.25, 0.3) is 0 Å². The maximum absolute atomic E-state index is 13.7. The number of hydrogen-bond donors (Lipinski definition) is 0. The molecule has 1 saturated carbocycles. The lowest BCUT2D eigenvalue weighted by Gasteiger charge is -2.35. The largest absolute Gasteiger partial charge is 0.469 e. The average Bonchev–Trinajstić information content (AvgIpc) is 3.22. The molecule has 1 aliphatic carbocycles. The first-order valence-electron chi connectivity index (χ1n) is 8.50. The number of carbonyl (C=O) groups excluding carboxylic acids is 1. The van der Waals surface area contributed by atoms with Gasteiger partial charge in [0.15, 0.2) is 0 Å². The molecule has 1 saturated heterocycles. The molecular formula is C19H21FN2O2. The fraction of sp³-hybridized carbons (Fsp3) is 0.421. The molecule has 2 aliphatic rings. The molecule has 4 nitrogen and oxygen atoms in total. The minimum absolute atomic E-state index is 0.0780. The summed E-state index contributed by atoms with van der Waals surface area (Å²) in [6, 6.07) is 10.7. The number of halogens is 1. The third-order valence-electron chi connectivity index (χ3n) is 5.05. The lowest BCUT2D eigenvalue weighted by molar-refractivity contribution is -0.134. The van der Waals surface area contributed by atoms with E-state index in [0.29, 0.717) is 19.6 Å². The maximum atomic E-state index is 13.7. The first kappa shape index (κ1) is 15.4. The Hall–Kier alpha value is -2.14. The second kappa shape index (κ2) is 6.40. The predicted molar refractivity (Wildman–Crippen MR) is 87.8 cm³/mol. The molecule has 24 heavy (non-hydrogen) atoms. The van der Waals surface area contributed by atoms with Gasteiger partial charge in [0.25, 0.3) is 0 Å². The van der Waals surface area contributed by atoms with Gasteiger partial charge >= 0.3 is 0 Å². The van der Waals surface area contributed by atoms with Gasteiger partial charge < -0.3 is 9.32 Å². The van der Waals surface area contributed by atoms with E-state index in [1.165, 1.54) is 6.07 Å². The van der Waals surface area contributed by atoms with Crippen molar-refractivity contribution in [1.82, 2.24) is 9.80 Å². The zero-order chi connectivity index (χ0) is 16.5. The van der Waals surface area contributed by atoms with Gasteiger partial charge in [0.1, 0.15) is 11.6 Å². The van der Waals surface area contributed by atoms with Crippen LogP contribution in [0.2, 0.25) is 0 Å². The van der Waals surface area contributed by atoms with Gasteiger partial charge in [-0.15, -0.1) is 0 Å². The summed E-state index contributed by atoms with van der Waals surface area (Å²) in [6.07, 6.45) is 2.55. The van der Waals surface area contributed by atoms with Crippen molar-refractivity contribution in [3.63, 3.8) is 0 Å². The molecule has 1 aromatic heterocycles. The lowest BCUT2D eigenvalue weighted by Crippen LogP contribution is -2.48. The molecule has 126 valence electrons. The van der Waals surface area contributed by atoms with Crippen molar-refractivity contribution in [1.29, 1.82) is 0 Å². The van der Waals surface area contributed by atoms with Crippen molar-refractivity contribution in [2.24, 2.45) is 5.92 Å². The highest BCUT2D eigenvalue weighted by atomic mass is 19.1. The van der Waals surface area contributed by atoms with E-state index in [4.69, 9.17) is 4.42 Å². The van der Waals surface area contributed by atoms with Crippen LogP contribution in [-0.4, -0.2) is 41.9 Å². The Morgan fingerprint density at radius 3 is 2.62 bits per heavy atom. The Kier molecular flexibility index (Phi) is 4.10. The molecule has 0 spiro atoms. The highest BCUT2D eigenvalue weighted by Gasteiger charge is 2.47. The van der Waals surface area contributed by atoms with Crippen molar-refractivity contribution in [2.45, 2.75) is 18.9 Å². The number of hydrogen-bond acceptors (Lipinski definition) is 3. The Morgan fingerprint density at radius 1 is 1.12 bits per heavy atom. The minimum Gasteiger partial charge on any atom is -0.469 e. The summed E-state index contributed by atoms with van der Waals surface area (Å²) < 4.78 is 19.1. The molecule has 0 N–H and O–H groups in total. The number of rotatable bonds is 4. The van der Waals surface area contributed by atoms with Gasteiger partial charge in [-0.25, -0.2) is 4.39 Å². The molecule has 2 aromatic rings. The van der Waals surface area contributed by atoms with Gasteiger partial charge in [-0.05, 0) is 24.6 Å². The summed E-state index contributed by atoms with van der Waals surface area (Å²) >= 11 is 0. The monoisotopic (exact) mass is 328 g/mol. The Bertz CT molecular complexity index is 708. The highest BCUT2D eigenvalue weighted by molar-refractivity contribution is 5.83. The van der Waals surface area contributed by atoms with Crippen LogP contribution in [0, 0.1) is 11.7 Å². The third-order valence-corrected chi connectivity index (χ3v) is 5.05. The van der Waals surface area contributed by atoms with Gasteiger partial charge in [-0.1, -0.05) is 18.2 Å². The molecule has 0 bridgehead atoms. The molecule has 2 atom stereocenters. The summed E-state index contributed by atoms with van der Waals surface area (Å²) in [5.74, 6) is 1.34. The van der Waals surface area contributed by atoms with Crippen molar-refractivity contribution >= 4 is 5.91 Å². The SMILES string of the molecule is O=C([C@@H]1C[C@@H]1c1ccco1)N1CCN(Cc2ccccc2F)CC1. The first-order valence-corrected chi connectivity index (χ1v) is 8.50. The number of benzene rings is 1. The summed E-state index contributed by atoms with van der Waals surface area (Å²) in [6.45, 7) is 3.62. The topological polar surface area (TPSA) is 36.7 Å².